The van der Waals surface area contributed by atoms with Crippen molar-refractivity contribution in [2.75, 3.05) is 31.6 Å². The molecular weight excluding hydrogens is 242 g/mol. The summed E-state index contributed by atoms with van der Waals surface area (Å²) in [6, 6.07) is 3.64. The molecule has 2 N–H and O–H groups in total. The van der Waals surface area contributed by atoms with Crippen molar-refractivity contribution in [3.8, 4) is 0 Å². The minimum Gasteiger partial charge on any atom is -0.385 e. The molecule has 0 saturated carbocycles. The molecule has 2 heterocycles. The average molecular weight is 263 g/mol. The van der Waals surface area contributed by atoms with Gasteiger partial charge < -0.3 is 15.4 Å². The summed E-state index contributed by atoms with van der Waals surface area (Å²) < 4.78 is 5.30. The van der Waals surface area contributed by atoms with E-state index in [4.69, 9.17) is 4.74 Å². The summed E-state index contributed by atoms with van der Waals surface area (Å²) in [6.45, 7) is 5.15. The van der Waals surface area contributed by atoms with Crippen LogP contribution in [0.3, 0.4) is 0 Å². The molecule has 1 fully saturated rings. The van der Waals surface area contributed by atoms with Crippen LogP contribution < -0.4 is 10.6 Å². The Bertz CT molecular complexity index is 417. The van der Waals surface area contributed by atoms with Gasteiger partial charge in [0, 0.05) is 38.2 Å². The highest BCUT2D eigenvalue weighted by Crippen LogP contribution is 2.13. The fourth-order valence-electron chi connectivity index (χ4n) is 2.15. The first kappa shape index (κ1) is 13.8. The van der Waals surface area contributed by atoms with Crippen LogP contribution in [-0.2, 0) is 4.74 Å². The second kappa shape index (κ2) is 7.09. The molecule has 1 saturated heterocycles. The van der Waals surface area contributed by atoms with Crippen LogP contribution in [0.1, 0.15) is 30.3 Å². The van der Waals surface area contributed by atoms with Crippen molar-refractivity contribution in [3.63, 3.8) is 0 Å². The first-order valence-electron chi connectivity index (χ1n) is 6.85. The van der Waals surface area contributed by atoms with Crippen LogP contribution in [0.2, 0.25) is 0 Å². The fourth-order valence-corrected chi connectivity index (χ4v) is 2.15. The third kappa shape index (κ3) is 4.21. The van der Waals surface area contributed by atoms with Crippen molar-refractivity contribution >= 4 is 11.6 Å². The molecule has 104 valence electrons. The quantitative estimate of drug-likeness (QED) is 0.848. The lowest BCUT2D eigenvalue weighted by molar-refractivity contribution is 0.0642. The minimum absolute atomic E-state index is 0.105. The highest BCUT2D eigenvalue weighted by Gasteiger charge is 2.15. The summed E-state index contributed by atoms with van der Waals surface area (Å²) in [7, 11) is 0. The molecule has 1 amide bonds. The Hall–Kier alpha value is -1.62. The zero-order valence-corrected chi connectivity index (χ0v) is 11.3. The van der Waals surface area contributed by atoms with E-state index >= 15 is 0 Å². The molecule has 19 heavy (non-hydrogen) atoms. The van der Waals surface area contributed by atoms with Crippen molar-refractivity contribution in [3.05, 3.63) is 24.0 Å². The molecule has 5 nitrogen and oxygen atoms in total. The topological polar surface area (TPSA) is 63.2 Å². The smallest absolute Gasteiger partial charge is 0.269 e. The summed E-state index contributed by atoms with van der Waals surface area (Å²) in [4.78, 5) is 16.1. The van der Waals surface area contributed by atoms with Crippen molar-refractivity contribution in [2.24, 2.45) is 5.92 Å². The van der Waals surface area contributed by atoms with E-state index in [1.165, 1.54) is 0 Å². The van der Waals surface area contributed by atoms with E-state index in [0.717, 1.165) is 38.3 Å². The molecule has 0 spiro atoms. The maximum atomic E-state index is 12.0. The summed E-state index contributed by atoms with van der Waals surface area (Å²) in [6.07, 6.45) is 3.69. The molecule has 1 aromatic rings. The van der Waals surface area contributed by atoms with Gasteiger partial charge in [-0.3, -0.25) is 9.78 Å². The van der Waals surface area contributed by atoms with Gasteiger partial charge in [-0.2, -0.15) is 0 Å². The van der Waals surface area contributed by atoms with Gasteiger partial charge >= 0.3 is 0 Å². The highest BCUT2D eigenvalue weighted by atomic mass is 16.5. The zero-order chi connectivity index (χ0) is 13.5. The van der Waals surface area contributed by atoms with E-state index in [1.54, 1.807) is 12.3 Å². The van der Waals surface area contributed by atoms with E-state index in [0.29, 0.717) is 18.2 Å². The minimum atomic E-state index is -0.105. The fraction of sp³-hybridized carbons (Fsp3) is 0.571. The number of hydrogen-bond donors (Lipinski definition) is 2. The summed E-state index contributed by atoms with van der Waals surface area (Å²) in [5.41, 5.74) is 1.39. The van der Waals surface area contributed by atoms with Gasteiger partial charge in [0.15, 0.2) is 0 Å². The lowest BCUT2D eigenvalue weighted by atomic mass is 10.0. The van der Waals surface area contributed by atoms with Crippen LogP contribution in [0.4, 0.5) is 5.69 Å². The highest BCUT2D eigenvalue weighted by molar-refractivity contribution is 5.93. The van der Waals surface area contributed by atoms with E-state index in [2.05, 4.69) is 15.6 Å². The van der Waals surface area contributed by atoms with Crippen molar-refractivity contribution in [1.29, 1.82) is 0 Å². The number of carbonyl (C=O) groups is 1. The Morgan fingerprint density at radius 1 is 1.47 bits per heavy atom. The molecule has 0 aromatic carbocycles. The third-order valence-electron chi connectivity index (χ3n) is 3.27. The van der Waals surface area contributed by atoms with E-state index in [-0.39, 0.29) is 5.91 Å². The molecule has 0 bridgehead atoms. The van der Waals surface area contributed by atoms with Gasteiger partial charge in [-0.25, -0.2) is 0 Å². The Morgan fingerprint density at radius 3 is 3.00 bits per heavy atom. The molecule has 0 atom stereocenters. The van der Waals surface area contributed by atoms with E-state index < -0.39 is 0 Å². The Kier molecular flexibility index (Phi) is 5.15. The largest absolute Gasteiger partial charge is 0.385 e. The number of rotatable bonds is 5. The monoisotopic (exact) mass is 263 g/mol. The first-order valence-corrected chi connectivity index (χ1v) is 6.85. The standard InChI is InChI=1S/C14H21N3O2/c1-2-15-12-3-6-16-13(9-12)14(18)17-10-11-4-7-19-8-5-11/h3,6,9,11H,2,4-5,7-8,10H2,1H3,(H,15,16)(H,17,18). The Morgan fingerprint density at radius 2 is 2.26 bits per heavy atom. The van der Waals surface area contributed by atoms with Gasteiger partial charge in [0.05, 0.1) is 0 Å². The molecule has 1 aromatic heterocycles. The molecule has 0 radical (unpaired) electrons. The van der Waals surface area contributed by atoms with Crippen LogP contribution >= 0.6 is 0 Å². The Labute approximate surface area is 113 Å². The predicted octanol–water partition coefficient (Wildman–Crippen LogP) is 1.67. The zero-order valence-electron chi connectivity index (χ0n) is 11.3. The van der Waals surface area contributed by atoms with Crippen molar-refractivity contribution in [1.82, 2.24) is 10.3 Å². The number of amides is 1. The number of ether oxygens (including phenoxy) is 1. The van der Waals surface area contributed by atoms with Gasteiger partial charge in [0.1, 0.15) is 5.69 Å². The first-order chi connectivity index (χ1) is 9.29. The number of carbonyl (C=O) groups excluding carboxylic acids is 1. The van der Waals surface area contributed by atoms with Crippen molar-refractivity contribution < 1.29 is 9.53 Å². The maximum absolute atomic E-state index is 12.0. The summed E-state index contributed by atoms with van der Waals surface area (Å²) in [5.74, 6) is 0.417. The van der Waals surface area contributed by atoms with E-state index in [1.807, 2.05) is 13.0 Å². The normalized spacial score (nSPS) is 16.1. The number of anilines is 1. The van der Waals surface area contributed by atoms with Crippen molar-refractivity contribution in [2.45, 2.75) is 19.8 Å². The van der Waals surface area contributed by atoms with Gasteiger partial charge in [-0.15, -0.1) is 0 Å². The Balaban J connectivity index is 1.86. The molecule has 2 rings (SSSR count). The number of nitrogens with zero attached hydrogens (tertiary/aromatic N) is 1. The SMILES string of the molecule is CCNc1ccnc(C(=O)NCC2CCOCC2)c1. The number of nitrogens with one attached hydrogen (secondary N) is 2. The van der Waals surface area contributed by atoms with Gasteiger partial charge in [0.25, 0.3) is 5.91 Å². The van der Waals surface area contributed by atoms with Crippen LogP contribution in [0.25, 0.3) is 0 Å². The molecule has 1 aliphatic heterocycles. The molecule has 5 heteroatoms. The number of aromatic nitrogens is 1. The third-order valence-corrected chi connectivity index (χ3v) is 3.27. The maximum Gasteiger partial charge on any atom is 0.269 e. The summed E-state index contributed by atoms with van der Waals surface area (Å²) in [5, 5.41) is 6.12. The summed E-state index contributed by atoms with van der Waals surface area (Å²) >= 11 is 0. The number of hydrogen-bond acceptors (Lipinski definition) is 4. The molecular formula is C14H21N3O2. The number of pyridine rings is 1. The average Bonchev–Trinajstić information content (AvgIpc) is 2.46. The van der Waals surface area contributed by atoms with Crippen LogP contribution in [0, 0.1) is 5.92 Å². The molecule has 0 unspecified atom stereocenters. The van der Waals surface area contributed by atoms with Gasteiger partial charge in [0.2, 0.25) is 0 Å². The molecule has 1 aliphatic rings. The lowest BCUT2D eigenvalue weighted by Crippen LogP contribution is -2.32. The predicted molar refractivity (Wildman–Crippen MR) is 74.3 cm³/mol. The second-order valence-corrected chi connectivity index (χ2v) is 4.73. The van der Waals surface area contributed by atoms with Crippen LogP contribution in [0.15, 0.2) is 18.3 Å². The molecule has 0 aliphatic carbocycles. The van der Waals surface area contributed by atoms with Gasteiger partial charge in [-0.05, 0) is 37.8 Å². The van der Waals surface area contributed by atoms with Gasteiger partial charge in [-0.1, -0.05) is 0 Å². The van der Waals surface area contributed by atoms with E-state index in [9.17, 15) is 4.79 Å². The van der Waals surface area contributed by atoms with Crippen LogP contribution in [0.5, 0.6) is 0 Å². The lowest BCUT2D eigenvalue weighted by Gasteiger charge is -2.22. The van der Waals surface area contributed by atoms with Crippen LogP contribution in [-0.4, -0.2) is 37.2 Å². The second-order valence-electron chi connectivity index (χ2n) is 4.73.